The molecule has 1 heterocycles. The molecule has 9 heteroatoms. The Kier molecular flexibility index (Phi) is 6.34. The van der Waals surface area contributed by atoms with Crippen LogP contribution in [0.2, 0.25) is 0 Å². The number of rotatable bonds is 6. The van der Waals surface area contributed by atoms with Crippen molar-refractivity contribution >= 4 is 44.9 Å². The number of aromatic amines is 1. The van der Waals surface area contributed by atoms with Crippen LogP contribution in [0.3, 0.4) is 0 Å². The van der Waals surface area contributed by atoms with Gasteiger partial charge in [-0.2, -0.15) is 18.2 Å². The van der Waals surface area contributed by atoms with Crippen molar-refractivity contribution in [2.45, 2.75) is 25.9 Å². The number of carbonyl (C=O) groups excluding carboxylic acids is 1. The molecule has 0 bridgehead atoms. The summed E-state index contributed by atoms with van der Waals surface area (Å²) < 4.78 is 39.0. The smallest absolute Gasteiger partial charge is 0.397 e. The highest BCUT2D eigenvalue weighted by atomic mass is 32.2. The monoisotopic (exact) mass is 390 g/mol. The maximum atomic E-state index is 12.8. The fourth-order valence-electron chi connectivity index (χ4n) is 2.27. The molecule has 0 spiro atoms. The molecular weight excluding hydrogens is 371 g/mol. The van der Waals surface area contributed by atoms with Crippen molar-refractivity contribution in [1.29, 1.82) is 0 Å². The molecule has 1 aromatic heterocycles. The lowest BCUT2D eigenvalue weighted by atomic mass is 10.2. The van der Waals surface area contributed by atoms with Gasteiger partial charge in [0.15, 0.2) is 0 Å². The van der Waals surface area contributed by atoms with Crippen LogP contribution in [0, 0.1) is 0 Å². The van der Waals surface area contributed by atoms with Crippen LogP contribution >= 0.6 is 23.1 Å². The van der Waals surface area contributed by atoms with Crippen molar-refractivity contribution < 1.29 is 22.9 Å². The number of nitrogen functional groups attached to an aromatic ring is 1. The van der Waals surface area contributed by atoms with Gasteiger partial charge in [0.05, 0.1) is 11.3 Å². The van der Waals surface area contributed by atoms with E-state index >= 15 is 0 Å². The highest BCUT2D eigenvalue weighted by molar-refractivity contribution is 8.02. The number of thioether (sulfide) groups is 1. The van der Waals surface area contributed by atoms with Gasteiger partial charge in [-0.1, -0.05) is 24.3 Å². The van der Waals surface area contributed by atoms with Gasteiger partial charge in [-0.3, -0.25) is 4.79 Å². The van der Waals surface area contributed by atoms with Crippen LogP contribution in [-0.2, 0) is 6.18 Å². The predicted octanol–water partition coefficient (Wildman–Crippen LogP) is 4.09. The number of halogens is 3. The van der Waals surface area contributed by atoms with Gasteiger partial charge in [-0.25, -0.2) is 0 Å². The molecule has 0 atom stereocenters. The fourth-order valence-corrected chi connectivity index (χ4v) is 3.84. The number of hydrogen-bond donors (Lipinski definition) is 2. The highest BCUT2D eigenvalue weighted by Gasteiger charge is 2.33. The zero-order chi connectivity index (χ0) is 18.6. The molecule has 2 rings (SSSR count). The average molecular weight is 390 g/mol. The van der Waals surface area contributed by atoms with E-state index < -0.39 is 11.7 Å². The van der Waals surface area contributed by atoms with E-state index in [1.165, 1.54) is 4.91 Å². The number of alkyl halides is 3. The first-order valence-electron chi connectivity index (χ1n) is 7.60. The minimum atomic E-state index is -4.49. The zero-order valence-corrected chi connectivity index (χ0v) is 15.4. The van der Waals surface area contributed by atoms with E-state index in [1.54, 1.807) is 11.8 Å². The third kappa shape index (κ3) is 4.88. The van der Waals surface area contributed by atoms with Crippen molar-refractivity contribution in [1.82, 2.24) is 5.32 Å². The van der Waals surface area contributed by atoms with Gasteiger partial charge in [0.1, 0.15) is 4.70 Å². The summed E-state index contributed by atoms with van der Waals surface area (Å²) in [7, 11) is 0. The van der Waals surface area contributed by atoms with E-state index in [-0.39, 0.29) is 22.1 Å². The first kappa shape index (κ1) is 19.6. The van der Waals surface area contributed by atoms with Gasteiger partial charge in [0, 0.05) is 12.6 Å². The lowest BCUT2D eigenvalue weighted by molar-refractivity contribution is -0.342. The van der Waals surface area contributed by atoms with Crippen molar-refractivity contribution in [2.24, 2.45) is 0 Å². The second-order valence-corrected chi connectivity index (χ2v) is 7.24. The van der Waals surface area contributed by atoms with E-state index in [2.05, 4.69) is 16.4 Å². The van der Waals surface area contributed by atoms with E-state index in [0.29, 0.717) is 17.7 Å². The Morgan fingerprint density at radius 3 is 2.76 bits per heavy atom. The Bertz CT molecular complexity index is 800. The van der Waals surface area contributed by atoms with Crippen molar-refractivity contribution in [3.63, 3.8) is 0 Å². The van der Waals surface area contributed by atoms with Crippen LogP contribution in [0.5, 0.6) is 0 Å². The number of aromatic nitrogens is 1. The number of nitrogens with one attached hydrogen (secondary N) is 2. The predicted molar refractivity (Wildman–Crippen MR) is 96.6 cm³/mol. The molecule has 0 aliphatic heterocycles. The molecule has 0 aliphatic rings. The number of allylic oxidation sites excluding steroid dienone is 1. The number of hydrogen-bond acceptors (Lipinski definition) is 4. The Morgan fingerprint density at radius 1 is 1.44 bits per heavy atom. The van der Waals surface area contributed by atoms with Crippen molar-refractivity contribution in [2.75, 3.05) is 18.5 Å². The minimum Gasteiger partial charge on any atom is -0.397 e. The number of fused-ring (bicyclic) bond motifs is 1. The van der Waals surface area contributed by atoms with Gasteiger partial charge >= 0.3 is 17.1 Å². The maximum absolute atomic E-state index is 12.8. The number of thiazole rings is 1. The lowest BCUT2D eigenvalue weighted by Gasteiger charge is -2.05. The zero-order valence-electron chi connectivity index (χ0n) is 13.8. The number of nitrogens with two attached hydrogens (primary N) is 1. The summed E-state index contributed by atoms with van der Waals surface area (Å²) in [4.78, 5) is 16.1. The molecule has 136 valence electrons. The topological polar surface area (TPSA) is 69.3 Å². The van der Waals surface area contributed by atoms with Gasteiger partial charge in [0.2, 0.25) is 5.52 Å². The van der Waals surface area contributed by atoms with Crippen LogP contribution < -0.4 is 16.0 Å². The molecule has 4 nitrogen and oxygen atoms in total. The summed E-state index contributed by atoms with van der Waals surface area (Å²) in [6.45, 7) is 2.50. The third-order valence-corrected chi connectivity index (χ3v) is 5.50. The number of benzene rings is 1. The quantitative estimate of drug-likeness (QED) is 0.730. The van der Waals surface area contributed by atoms with Gasteiger partial charge < -0.3 is 11.1 Å². The van der Waals surface area contributed by atoms with E-state index in [0.717, 1.165) is 29.9 Å². The molecular formula is C16H19F3N3OS2+. The minimum absolute atomic E-state index is 0.000623. The summed E-state index contributed by atoms with van der Waals surface area (Å²) in [5.41, 5.74) is 5.07. The molecule has 0 fully saturated rings. The Morgan fingerprint density at radius 2 is 2.16 bits per heavy atom. The second kappa shape index (κ2) is 8.09. The van der Waals surface area contributed by atoms with Gasteiger partial charge in [0.25, 0.3) is 0 Å². The molecule has 4 N–H and O–H groups in total. The standard InChI is InChI=1S/C16H18F3N3OS2/c1-3-4-10(24-2)5-6-21-14(23)15-22-12-8-9(16(17,18)19)7-11(20)13(12)25-15/h4,7-8H,3,5-6,20H2,1-2H3,(H,21,23)/p+1/b10-4-. The van der Waals surface area contributed by atoms with Crippen molar-refractivity contribution in [3.05, 3.63) is 33.7 Å². The summed E-state index contributed by atoms with van der Waals surface area (Å²) >= 11 is 2.68. The van der Waals surface area contributed by atoms with E-state index in [4.69, 9.17) is 5.73 Å². The van der Waals surface area contributed by atoms with E-state index in [1.807, 2.05) is 13.2 Å². The number of amides is 1. The average Bonchev–Trinajstić information content (AvgIpc) is 2.98. The molecule has 1 aromatic carbocycles. The molecule has 0 saturated carbocycles. The van der Waals surface area contributed by atoms with Gasteiger partial charge in [-0.05, 0) is 30.1 Å². The first-order chi connectivity index (χ1) is 11.8. The molecule has 25 heavy (non-hydrogen) atoms. The fraction of sp³-hybridized carbons (Fsp3) is 0.375. The van der Waals surface area contributed by atoms with Crippen LogP contribution in [0.1, 0.15) is 35.1 Å². The highest BCUT2D eigenvalue weighted by Crippen LogP contribution is 2.35. The summed E-state index contributed by atoms with van der Waals surface area (Å²) in [6, 6.07) is 1.85. The Labute approximate surface area is 151 Å². The summed E-state index contributed by atoms with van der Waals surface area (Å²) in [5.74, 6) is -0.355. The lowest BCUT2D eigenvalue weighted by Crippen LogP contribution is -2.28. The van der Waals surface area contributed by atoms with Gasteiger partial charge in [-0.15, -0.1) is 11.8 Å². The molecule has 0 unspecified atom stereocenters. The largest absolute Gasteiger partial charge is 0.416 e. The van der Waals surface area contributed by atoms with Crippen LogP contribution in [0.4, 0.5) is 18.9 Å². The van der Waals surface area contributed by atoms with Crippen molar-refractivity contribution in [3.8, 4) is 0 Å². The number of anilines is 1. The molecule has 2 aromatic rings. The SMILES string of the molecule is CC/C=C(/CCNC(=O)c1[nH+]c2cc(C(F)(F)F)cc(N)c2s1)SC. The summed E-state index contributed by atoms with van der Waals surface area (Å²) in [5, 5.41) is 3.00. The summed E-state index contributed by atoms with van der Waals surface area (Å²) in [6.07, 6.45) is 1.23. The molecule has 1 amide bonds. The van der Waals surface area contributed by atoms with Crippen LogP contribution in [-0.4, -0.2) is 18.7 Å². The third-order valence-electron chi connectivity index (χ3n) is 3.45. The molecule has 0 aliphatic carbocycles. The maximum Gasteiger partial charge on any atom is 0.416 e. The first-order valence-corrected chi connectivity index (χ1v) is 9.64. The molecule has 0 radical (unpaired) electrons. The Balaban J connectivity index is 2.14. The number of H-pyrrole nitrogens is 1. The molecule has 0 saturated heterocycles. The van der Waals surface area contributed by atoms with E-state index in [9.17, 15) is 18.0 Å². The number of carbonyl (C=O) groups is 1. The van der Waals surface area contributed by atoms with Crippen LogP contribution in [0.15, 0.2) is 23.1 Å². The Hall–Kier alpha value is -1.74. The normalized spacial score (nSPS) is 12.6. The van der Waals surface area contributed by atoms with Crippen LogP contribution in [0.25, 0.3) is 10.2 Å². The second-order valence-electron chi connectivity index (χ2n) is 5.28.